The number of nitrogens with zero attached hydrogens (tertiary/aromatic N) is 1. The fraction of sp³-hybridized carbons (Fsp3) is 0.200. The molecule has 0 heterocycles. The average molecular weight is 228 g/mol. The fourth-order valence-electron chi connectivity index (χ4n) is 1.07. The van der Waals surface area contributed by atoms with Crippen molar-refractivity contribution >= 4 is 17.3 Å². The normalized spacial score (nSPS) is 9.27. The Labute approximate surface area is 91.0 Å². The summed E-state index contributed by atoms with van der Waals surface area (Å²) in [5.74, 6) is 4.44. The lowest BCUT2D eigenvalue weighted by molar-refractivity contribution is -0.387. The van der Waals surface area contributed by atoms with Gasteiger partial charge in [0.05, 0.1) is 10.8 Å². The molecule has 15 heavy (non-hydrogen) atoms. The summed E-state index contributed by atoms with van der Waals surface area (Å²) in [5.41, 5.74) is 0.434. The van der Waals surface area contributed by atoms with Gasteiger partial charge in [-0.3, -0.25) is 10.1 Å². The van der Waals surface area contributed by atoms with Gasteiger partial charge in [-0.25, -0.2) is 0 Å². The summed E-state index contributed by atoms with van der Waals surface area (Å²) in [4.78, 5) is 9.64. The van der Waals surface area contributed by atoms with Crippen LogP contribution in [0, 0.1) is 34.7 Å². The van der Waals surface area contributed by atoms with Crippen LogP contribution in [-0.2, 0) is 0 Å². The monoisotopic (exact) mass is 227 g/mol. The molecule has 0 aliphatic carbocycles. The maximum Gasteiger partial charge on any atom is 0.305 e. The van der Waals surface area contributed by atoms with Crippen LogP contribution in [0.25, 0.3) is 0 Å². The van der Waals surface area contributed by atoms with E-state index in [0.29, 0.717) is 11.1 Å². The zero-order chi connectivity index (χ0) is 11.4. The zero-order valence-electron chi connectivity index (χ0n) is 7.88. The average Bonchev–Trinajstić information content (AvgIpc) is 2.18. The predicted octanol–water partition coefficient (Wildman–Crippen LogP) is 2.63. The molecule has 5 heteroatoms. The first-order valence-electron chi connectivity index (χ1n) is 4.05. The molecule has 0 spiro atoms. The number of nitro benzene ring substituents is 1. The Balaban J connectivity index is 3.25. The smallest absolute Gasteiger partial charge is 0.258 e. The van der Waals surface area contributed by atoms with Crippen LogP contribution >= 0.6 is 11.6 Å². The molecule has 0 aliphatic heterocycles. The van der Waals surface area contributed by atoms with Crippen molar-refractivity contribution in [2.45, 2.75) is 6.92 Å². The molecule has 0 saturated heterocycles. The molecule has 1 rings (SSSR count). The summed E-state index contributed by atoms with van der Waals surface area (Å²) in [6.07, 6.45) is 0. The van der Waals surface area contributed by atoms with Crippen LogP contribution in [0.1, 0.15) is 11.1 Å². The molecule has 0 aliphatic rings. The number of hydrogen-bond acceptors (Lipinski definition) is 2. The van der Waals surface area contributed by atoms with E-state index in [2.05, 4.69) is 11.8 Å². The molecule has 0 N–H and O–H groups in total. The molecule has 0 fully saturated rings. The van der Waals surface area contributed by atoms with E-state index in [1.165, 1.54) is 0 Å². The second kappa shape index (κ2) is 4.76. The number of nitro groups is 1. The van der Waals surface area contributed by atoms with E-state index in [1.54, 1.807) is 6.92 Å². The number of hydrogen-bond donors (Lipinski definition) is 0. The van der Waals surface area contributed by atoms with Gasteiger partial charge in [-0.05, 0) is 18.6 Å². The van der Waals surface area contributed by atoms with Gasteiger partial charge in [0.2, 0.25) is 5.82 Å². The van der Waals surface area contributed by atoms with Crippen LogP contribution in [0.3, 0.4) is 0 Å². The quantitative estimate of drug-likeness (QED) is 0.320. The van der Waals surface area contributed by atoms with E-state index < -0.39 is 16.4 Å². The van der Waals surface area contributed by atoms with Crippen LogP contribution in [0.5, 0.6) is 0 Å². The van der Waals surface area contributed by atoms with Gasteiger partial charge < -0.3 is 0 Å². The van der Waals surface area contributed by atoms with Crippen molar-refractivity contribution in [3.63, 3.8) is 0 Å². The molecule has 0 atom stereocenters. The summed E-state index contributed by atoms with van der Waals surface area (Å²) in [5, 5.41) is 10.4. The molecule has 3 nitrogen and oxygen atoms in total. The largest absolute Gasteiger partial charge is 0.305 e. The van der Waals surface area contributed by atoms with Crippen molar-refractivity contribution in [1.82, 2.24) is 0 Å². The zero-order valence-corrected chi connectivity index (χ0v) is 8.64. The highest BCUT2D eigenvalue weighted by Gasteiger charge is 2.15. The molecular formula is C10H7ClFNO2. The minimum atomic E-state index is -0.885. The highest BCUT2D eigenvalue weighted by atomic mass is 35.5. The summed E-state index contributed by atoms with van der Waals surface area (Å²) in [6.45, 7) is 1.63. The summed E-state index contributed by atoms with van der Waals surface area (Å²) in [7, 11) is 0. The van der Waals surface area contributed by atoms with Crippen molar-refractivity contribution in [2.24, 2.45) is 0 Å². The van der Waals surface area contributed by atoms with E-state index in [-0.39, 0.29) is 5.88 Å². The molecule has 0 unspecified atom stereocenters. The van der Waals surface area contributed by atoms with Crippen LogP contribution in [-0.4, -0.2) is 10.8 Å². The van der Waals surface area contributed by atoms with Crippen LogP contribution in [0.15, 0.2) is 12.1 Å². The third kappa shape index (κ3) is 2.67. The number of alkyl halides is 1. The molecule has 0 aromatic heterocycles. The highest BCUT2D eigenvalue weighted by Crippen LogP contribution is 2.21. The third-order valence-corrected chi connectivity index (χ3v) is 1.91. The van der Waals surface area contributed by atoms with E-state index in [0.717, 1.165) is 12.1 Å². The van der Waals surface area contributed by atoms with Crippen molar-refractivity contribution in [1.29, 1.82) is 0 Å². The Morgan fingerprint density at radius 3 is 2.80 bits per heavy atom. The lowest BCUT2D eigenvalue weighted by atomic mass is 10.1. The molecule has 0 amide bonds. The van der Waals surface area contributed by atoms with Gasteiger partial charge >= 0.3 is 5.69 Å². The van der Waals surface area contributed by atoms with Crippen LogP contribution in [0.2, 0.25) is 0 Å². The van der Waals surface area contributed by atoms with E-state index >= 15 is 0 Å². The first-order valence-corrected chi connectivity index (χ1v) is 4.59. The Morgan fingerprint density at radius 1 is 1.60 bits per heavy atom. The number of rotatable bonds is 1. The first kappa shape index (κ1) is 11.5. The second-order valence-corrected chi connectivity index (χ2v) is 3.08. The molecule has 0 radical (unpaired) electrons. The van der Waals surface area contributed by atoms with E-state index in [9.17, 15) is 14.5 Å². The fourth-order valence-corrected chi connectivity index (χ4v) is 1.14. The summed E-state index contributed by atoms with van der Waals surface area (Å²) >= 11 is 5.35. The maximum absolute atomic E-state index is 13.2. The van der Waals surface area contributed by atoms with Gasteiger partial charge in [0.15, 0.2) is 0 Å². The van der Waals surface area contributed by atoms with Crippen LogP contribution in [0.4, 0.5) is 10.1 Å². The second-order valence-electron chi connectivity index (χ2n) is 2.81. The molecule has 78 valence electrons. The lowest BCUT2D eigenvalue weighted by Gasteiger charge is -1.99. The molecular weight excluding hydrogens is 221 g/mol. The van der Waals surface area contributed by atoms with Crippen molar-refractivity contribution in [3.8, 4) is 11.8 Å². The van der Waals surface area contributed by atoms with Crippen molar-refractivity contribution < 1.29 is 9.31 Å². The molecule has 0 bridgehead atoms. The van der Waals surface area contributed by atoms with Gasteiger partial charge in [-0.2, -0.15) is 4.39 Å². The van der Waals surface area contributed by atoms with Gasteiger partial charge in [0, 0.05) is 11.6 Å². The third-order valence-electron chi connectivity index (χ3n) is 1.78. The number of aryl methyl sites for hydroxylation is 1. The molecule has 1 aromatic carbocycles. The summed E-state index contributed by atoms with van der Waals surface area (Å²) < 4.78 is 13.2. The number of halogens is 2. The molecule has 1 aromatic rings. The van der Waals surface area contributed by atoms with Crippen LogP contribution < -0.4 is 0 Å². The van der Waals surface area contributed by atoms with Gasteiger partial charge in [-0.15, -0.1) is 11.6 Å². The Morgan fingerprint density at radius 2 is 2.27 bits per heavy atom. The SMILES string of the molecule is Cc1cc([N+](=O)[O-])c(F)cc1C#CCCl. The topological polar surface area (TPSA) is 43.1 Å². The first-order chi connectivity index (χ1) is 7.06. The van der Waals surface area contributed by atoms with E-state index in [4.69, 9.17) is 11.6 Å². The van der Waals surface area contributed by atoms with E-state index in [1.807, 2.05) is 0 Å². The lowest BCUT2D eigenvalue weighted by Crippen LogP contribution is -1.95. The Bertz CT molecular complexity index is 462. The highest BCUT2D eigenvalue weighted by molar-refractivity contribution is 6.19. The minimum absolute atomic E-state index is 0.137. The summed E-state index contributed by atoms with van der Waals surface area (Å²) in [6, 6.07) is 2.21. The van der Waals surface area contributed by atoms with Crippen molar-refractivity contribution in [3.05, 3.63) is 39.2 Å². The standard InChI is InChI=1S/C10H7ClFNO2/c1-7-5-10(13(14)15)9(12)6-8(7)3-2-4-11/h5-6H,4H2,1H3. The number of benzene rings is 1. The predicted molar refractivity (Wildman–Crippen MR) is 55.4 cm³/mol. The molecule has 0 saturated carbocycles. The Kier molecular flexibility index (Phi) is 3.64. The van der Waals surface area contributed by atoms with Gasteiger partial charge in [0.25, 0.3) is 0 Å². The van der Waals surface area contributed by atoms with Gasteiger partial charge in [-0.1, -0.05) is 11.8 Å². The minimum Gasteiger partial charge on any atom is -0.258 e. The Hall–Kier alpha value is -1.60. The van der Waals surface area contributed by atoms with Gasteiger partial charge in [0.1, 0.15) is 0 Å². The van der Waals surface area contributed by atoms with Crippen molar-refractivity contribution in [2.75, 3.05) is 5.88 Å². The maximum atomic E-state index is 13.2.